The van der Waals surface area contributed by atoms with Crippen molar-refractivity contribution in [2.75, 3.05) is 47.8 Å². The number of anilines is 6. The van der Waals surface area contributed by atoms with E-state index >= 15 is 0 Å². The topological polar surface area (TPSA) is 108 Å². The van der Waals surface area contributed by atoms with E-state index in [4.69, 9.17) is 0 Å². The molecule has 1 atom stereocenters. The Hall–Kier alpha value is -3.55. The molecule has 3 N–H and O–H groups in total. The van der Waals surface area contributed by atoms with Gasteiger partial charge in [0.25, 0.3) is 6.43 Å². The van der Waals surface area contributed by atoms with E-state index in [9.17, 15) is 22.5 Å². The second-order valence-corrected chi connectivity index (χ2v) is 8.92. The molecule has 3 aromatic rings. The number of nitrogens with zero attached hydrogens (tertiary/aromatic N) is 4. The van der Waals surface area contributed by atoms with Crippen LogP contribution >= 0.6 is 0 Å². The van der Waals surface area contributed by atoms with Gasteiger partial charge in [-0.2, -0.15) is 4.31 Å². The molecule has 35 heavy (non-hydrogen) atoms. The largest absolute Gasteiger partial charge is 0.593 e. The normalized spacial score (nSPS) is 11.9. The van der Waals surface area contributed by atoms with Crippen LogP contribution in [0, 0.1) is 5.82 Å². The van der Waals surface area contributed by atoms with Gasteiger partial charge in [0.2, 0.25) is 0 Å². The maximum Gasteiger partial charge on any atom is 0.268 e. The van der Waals surface area contributed by atoms with Crippen molar-refractivity contribution in [2.45, 2.75) is 6.43 Å². The highest BCUT2D eigenvalue weighted by molar-refractivity contribution is 7.92. The standard InChI is InChI=1S/C22H24F3N7O2S/c1-31(2)30-22-14(12-33)17(27-16-7-5-6-8-18(16)32(3)35(4)34)10-20(29-22)28-19-9-15(23)13(11-26-19)21(24)25/h5-12,21H,1-4H3,(H3,26,27,28,29,30). The number of rotatable bonds is 10. The van der Waals surface area contributed by atoms with Crippen molar-refractivity contribution in [3.05, 3.63) is 59.5 Å². The smallest absolute Gasteiger partial charge is 0.268 e. The number of aldehydes is 1. The number of carbonyl (C=O) groups excluding carboxylic acids is 1. The van der Waals surface area contributed by atoms with E-state index in [0.717, 1.165) is 12.3 Å². The van der Waals surface area contributed by atoms with Crippen LogP contribution in [0.2, 0.25) is 0 Å². The molecule has 0 spiro atoms. The zero-order chi connectivity index (χ0) is 25.7. The molecule has 0 aliphatic carbocycles. The zero-order valence-corrected chi connectivity index (χ0v) is 20.2. The number of pyridine rings is 2. The van der Waals surface area contributed by atoms with Crippen LogP contribution in [0.5, 0.6) is 0 Å². The van der Waals surface area contributed by atoms with Crippen molar-refractivity contribution < 1.29 is 22.5 Å². The number of aromatic nitrogens is 2. The average Bonchev–Trinajstić information content (AvgIpc) is 2.78. The molecule has 1 aromatic carbocycles. The third-order valence-corrected chi connectivity index (χ3v) is 5.75. The molecule has 186 valence electrons. The molecule has 0 saturated carbocycles. The SMILES string of the molecule is CN(C)Nc1nc(Nc2cc(F)c(C(F)F)cn2)cc(Nc2ccccc2N(C)[S+](C)[O-])c1C=O. The van der Waals surface area contributed by atoms with Crippen molar-refractivity contribution in [1.29, 1.82) is 0 Å². The van der Waals surface area contributed by atoms with E-state index in [1.165, 1.54) is 12.3 Å². The van der Waals surface area contributed by atoms with Crippen molar-refractivity contribution in [3.63, 3.8) is 0 Å². The van der Waals surface area contributed by atoms with Crippen molar-refractivity contribution in [1.82, 2.24) is 15.0 Å². The Morgan fingerprint density at radius 3 is 2.40 bits per heavy atom. The van der Waals surface area contributed by atoms with Crippen molar-refractivity contribution in [2.24, 2.45) is 0 Å². The number of halogens is 3. The van der Waals surface area contributed by atoms with Crippen LogP contribution in [-0.2, 0) is 11.4 Å². The molecule has 0 radical (unpaired) electrons. The molecular weight excluding hydrogens is 483 g/mol. The second-order valence-electron chi connectivity index (χ2n) is 7.52. The number of alkyl halides is 2. The Morgan fingerprint density at radius 1 is 1.09 bits per heavy atom. The fraction of sp³-hybridized carbons (Fsp3) is 0.227. The minimum atomic E-state index is -3.00. The Balaban J connectivity index is 2.06. The molecule has 0 aliphatic heterocycles. The molecule has 2 aromatic heterocycles. The molecule has 9 nitrogen and oxygen atoms in total. The average molecular weight is 508 g/mol. The summed E-state index contributed by atoms with van der Waals surface area (Å²) >= 11 is -1.30. The number of hydrogen-bond donors (Lipinski definition) is 3. The van der Waals surface area contributed by atoms with Gasteiger partial charge < -0.3 is 20.6 Å². The molecule has 0 aliphatic rings. The lowest BCUT2D eigenvalue weighted by atomic mass is 10.2. The minimum absolute atomic E-state index is 0.0541. The first-order chi connectivity index (χ1) is 16.6. The monoisotopic (exact) mass is 507 g/mol. The van der Waals surface area contributed by atoms with Crippen molar-refractivity contribution in [3.8, 4) is 0 Å². The highest BCUT2D eigenvalue weighted by atomic mass is 32.2. The van der Waals surface area contributed by atoms with Crippen LogP contribution < -0.4 is 20.4 Å². The van der Waals surface area contributed by atoms with Crippen molar-refractivity contribution >= 4 is 52.2 Å². The van der Waals surface area contributed by atoms with Crippen LogP contribution in [-0.4, -0.2) is 53.2 Å². The lowest BCUT2D eigenvalue weighted by molar-refractivity contribution is 0.112. The fourth-order valence-electron chi connectivity index (χ4n) is 3.08. The van der Waals surface area contributed by atoms with E-state index in [0.29, 0.717) is 23.3 Å². The van der Waals surface area contributed by atoms with E-state index in [2.05, 4.69) is 26.0 Å². The highest BCUT2D eigenvalue weighted by Gasteiger charge is 2.19. The first-order valence-electron chi connectivity index (χ1n) is 10.2. The summed E-state index contributed by atoms with van der Waals surface area (Å²) in [4.78, 5) is 20.2. The molecule has 0 saturated heterocycles. The molecule has 3 rings (SSSR count). The number of benzene rings is 1. The maximum absolute atomic E-state index is 14.0. The molecular formula is C22H24F3N7O2S. The van der Waals surface area contributed by atoms with Crippen LogP contribution in [0.4, 0.5) is 47.7 Å². The van der Waals surface area contributed by atoms with Gasteiger partial charge in [-0.05, 0) is 12.1 Å². The van der Waals surface area contributed by atoms with E-state index in [-0.39, 0.29) is 23.0 Å². The Kier molecular flexibility index (Phi) is 8.38. The van der Waals surface area contributed by atoms with E-state index in [1.807, 2.05) is 0 Å². The number of hydrazine groups is 1. The van der Waals surface area contributed by atoms with Gasteiger partial charge in [0.15, 0.2) is 12.1 Å². The van der Waals surface area contributed by atoms with Crippen LogP contribution in [0.25, 0.3) is 0 Å². The van der Waals surface area contributed by atoms with E-state index < -0.39 is 29.2 Å². The van der Waals surface area contributed by atoms with Gasteiger partial charge >= 0.3 is 0 Å². The quantitative estimate of drug-likeness (QED) is 0.208. The Morgan fingerprint density at radius 2 is 1.80 bits per heavy atom. The Bertz CT molecular complexity index is 1200. The zero-order valence-electron chi connectivity index (χ0n) is 19.3. The summed E-state index contributed by atoms with van der Waals surface area (Å²) in [5.41, 5.74) is 3.80. The minimum Gasteiger partial charge on any atom is -0.593 e. The fourth-order valence-corrected chi connectivity index (χ4v) is 3.51. The number of nitrogens with one attached hydrogen (secondary N) is 3. The Labute approximate surface area is 203 Å². The molecule has 13 heteroatoms. The molecule has 0 fully saturated rings. The predicted octanol–water partition coefficient (Wildman–Crippen LogP) is 4.47. The van der Waals surface area contributed by atoms with Gasteiger partial charge in [-0.3, -0.25) is 4.79 Å². The molecule has 0 amide bonds. The summed E-state index contributed by atoms with van der Waals surface area (Å²) < 4.78 is 53.3. The van der Waals surface area contributed by atoms with Gasteiger partial charge in [-0.1, -0.05) is 12.1 Å². The van der Waals surface area contributed by atoms with Gasteiger partial charge in [-0.25, -0.2) is 28.1 Å². The summed E-state index contributed by atoms with van der Waals surface area (Å²) in [6.07, 6.45) is -0.0991. The van der Waals surface area contributed by atoms with Gasteiger partial charge in [-0.15, -0.1) is 0 Å². The summed E-state index contributed by atoms with van der Waals surface area (Å²) in [6.45, 7) is 0. The second kappa shape index (κ2) is 11.3. The lowest BCUT2D eigenvalue weighted by Gasteiger charge is -2.23. The number of para-hydroxylation sites is 2. The molecule has 1 unspecified atom stereocenters. The molecule has 2 heterocycles. The first-order valence-corrected chi connectivity index (χ1v) is 11.7. The van der Waals surface area contributed by atoms with Crippen LogP contribution in [0.1, 0.15) is 22.3 Å². The summed E-state index contributed by atoms with van der Waals surface area (Å²) in [6, 6.07) is 9.40. The maximum atomic E-state index is 14.0. The number of hydrogen-bond acceptors (Lipinski definition) is 9. The third-order valence-electron chi connectivity index (χ3n) is 4.78. The molecule has 0 bridgehead atoms. The van der Waals surface area contributed by atoms with E-state index in [1.54, 1.807) is 54.7 Å². The van der Waals surface area contributed by atoms with Crippen LogP contribution in [0.3, 0.4) is 0 Å². The summed E-state index contributed by atoms with van der Waals surface area (Å²) in [5.74, 6) is -0.839. The number of carbonyl (C=O) groups is 1. The highest BCUT2D eigenvalue weighted by Crippen LogP contribution is 2.34. The summed E-state index contributed by atoms with van der Waals surface area (Å²) in [7, 11) is 5.06. The van der Waals surface area contributed by atoms with Gasteiger partial charge in [0.1, 0.15) is 29.4 Å². The first kappa shape index (κ1) is 26.1. The third kappa shape index (κ3) is 6.32. The van der Waals surface area contributed by atoms with Gasteiger partial charge in [0, 0.05) is 32.4 Å². The summed E-state index contributed by atoms with van der Waals surface area (Å²) in [5, 5.41) is 7.51. The predicted molar refractivity (Wildman–Crippen MR) is 132 cm³/mol. The van der Waals surface area contributed by atoms with Gasteiger partial charge in [0.05, 0.1) is 40.9 Å². The van der Waals surface area contributed by atoms with Crippen LogP contribution in [0.15, 0.2) is 42.6 Å². The lowest BCUT2D eigenvalue weighted by Crippen LogP contribution is -2.25.